The zero-order valence-electron chi connectivity index (χ0n) is 7.70. The Kier molecular flexibility index (Phi) is 3.43. The minimum Gasteiger partial charge on any atom is -0.481 e. The number of rotatable bonds is 3. The first-order valence-electron chi connectivity index (χ1n) is 4.11. The molecule has 1 atom stereocenters. The Morgan fingerprint density at radius 2 is 2.36 bits per heavy atom. The lowest BCUT2D eigenvalue weighted by Gasteiger charge is -2.10. The number of carboxylic acids is 1. The zero-order chi connectivity index (χ0) is 10.7. The highest BCUT2D eigenvalue weighted by atomic mass is 35.5. The standard InChI is InChI=1S/C9H11ClN2O2/c1-5-2-6(3-8(10)12-5)7(4-11)9(13)14/h2-3,7H,4,11H2,1H3,(H,13,14). The summed E-state index contributed by atoms with van der Waals surface area (Å²) >= 11 is 5.71. The van der Waals surface area contributed by atoms with Crippen molar-refractivity contribution in [3.63, 3.8) is 0 Å². The SMILES string of the molecule is Cc1cc(C(CN)C(=O)O)cc(Cl)n1. The van der Waals surface area contributed by atoms with Crippen molar-refractivity contribution in [1.82, 2.24) is 4.98 Å². The first kappa shape index (κ1) is 10.9. The van der Waals surface area contributed by atoms with E-state index in [1.807, 2.05) is 0 Å². The molecule has 0 saturated carbocycles. The van der Waals surface area contributed by atoms with Crippen LogP contribution < -0.4 is 5.73 Å². The molecule has 0 aliphatic heterocycles. The number of aromatic nitrogens is 1. The van der Waals surface area contributed by atoms with Crippen LogP contribution in [0.5, 0.6) is 0 Å². The lowest BCUT2D eigenvalue weighted by molar-refractivity contribution is -0.138. The number of aryl methyl sites for hydroxylation is 1. The fraction of sp³-hybridized carbons (Fsp3) is 0.333. The molecule has 0 saturated heterocycles. The van der Waals surface area contributed by atoms with E-state index in [0.717, 1.165) is 0 Å². The van der Waals surface area contributed by atoms with Crippen LogP contribution in [0.3, 0.4) is 0 Å². The Balaban J connectivity index is 3.10. The number of carbonyl (C=O) groups is 1. The van der Waals surface area contributed by atoms with Crippen molar-refractivity contribution in [3.8, 4) is 0 Å². The van der Waals surface area contributed by atoms with Gasteiger partial charge in [-0.2, -0.15) is 0 Å². The molecule has 1 aromatic rings. The van der Waals surface area contributed by atoms with E-state index in [1.54, 1.807) is 13.0 Å². The molecule has 0 aromatic carbocycles. The van der Waals surface area contributed by atoms with Crippen LogP contribution in [0.4, 0.5) is 0 Å². The highest BCUT2D eigenvalue weighted by Gasteiger charge is 2.18. The third kappa shape index (κ3) is 2.43. The molecule has 5 heteroatoms. The van der Waals surface area contributed by atoms with Gasteiger partial charge in [0.15, 0.2) is 0 Å². The molecule has 0 aliphatic rings. The van der Waals surface area contributed by atoms with Gasteiger partial charge in [-0.1, -0.05) is 11.6 Å². The molecule has 1 rings (SSSR count). The summed E-state index contributed by atoms with van der Waals surface area (Å²) in [6.45, 7) is 1.81. The van der Waals surface area contributed by atoms with Crippen LogP contribution in [0.15, 0.2) is 12.1 Å². The van der Waals surface area contributed by atoms with Gasteiger partial charge < -0.3 is 10.8 Å². The first-order chi connectivity index (χ1) is 6.54. The van der Waals surface area contributed by atoms with E-state index in [4.69, 9.17) is 22.4 Å². The van der Waals surface area contributed by atoms with Crippen LogP contribution in [0, 0.1) is 6.92 Å². The van der Waals surface area contributed by atoms with Crippen LogP contribution in [-0.4, -0.2) is 22.6 Å². The normalized spacial score (nSPS) is 12.5. The molecule has 1 heterocycles. The average Bonchev–Trinajstić information content (AvgIpc) is 2.02. The summed E-state index contributed by atoms with van der Waals surface area (Å²) in [5.41, 5.74) is 6.64. The van der Waals surface area contributed by atoms with Crippen LogP contribution in [0.25, 0.3) is 0 Å². The Morgan fingerprint density at radius 3 is 2.79 bits per heavy atom. The van der Waals surface area contributed by atoms with Crippen molar-refractivity contribution in [2.75, 3.05) is 6.54 Å². The highest BCUT2D eigenvalue weighted by Crippen LogP contribution is 2.19. The Hall–Kier alpha value is -1.13. The third-order valence-electron chi connectivity index (χ3n) is 1.88. The predicted molar refractivity (Wildman–Crippen MR) is 53.4 cm³/mol. The molecule has 1 unspecified atom stereocenters. The number of nitrogens with zero attached hydrogens (tertiary/aromatic N) is 1. The van der Waals surface area contributed by atoms with Crippen molar-refractivity contribution in [3.05, 3.63) is 28.5 Å². The molecule has 76 valence electrons. The van der Waals surface area contributed by atoms with Crippen molar-refractivity contribution >= 4 is 17.6 Å². The van der Waals surface area contributed by atoms with Gasteiger partial charge in [-0.15, -0.1) is 0 Å². The summed E-state index contributed by atoms with van der Waals surface area (Å²) in [4.78, 5) is 14.8. The van der Waals surface area contributed by atoms with E-state index >= 15 is 0 Å². The topological polar surface area (TPSA) is 76.2 Å². The van der Waals surface area contributed by atoms with Gasteiger partial charge in [0.2, 0.25) is 0 Å². The molecule has 0 spiro atoms. The fourth-order valence-corrected chi connectivity index (χ4v) is 1.49. The minimum atomic E-state index is -0.950. The van der Waals surface area contributed by atoms with E-state index < -0.39 is 11.9 Å². The van der Waals surface area contributed by atoms with Crippen molar-refractivity contribution in [2.45, 2.75) is 12.8 Å². The average molecular weight is 215 g/mol. The summed E-state index contributed by atoms with van der Waals surface area (Å²) in [7, 11) is 0. The van der Waals surface area contributed by atoms with E-state index in [2.05, 4.69) is 4.98 Å². The maximum atomic E-state index is 10.8. The number of pyridine rings is 1. The van der Waals surface area contributed by atoms with Crippen LogP contribution >= 0.6 is 11.6 Å². The number of aliphatic carboxylic acids is 1. The maximum absolute atomic E-state index is 10.8. The van der Waals surface area contributed by atoms with Crippen molar-refractivity contribution in [2.24, 2.45) is 5.73 Å². The minimum absolute atomic E-state index is 0.0507. The molecule has 4 nitrogen and oxygen atoms in total. The molecular formula is C9H11ClN2O2. The maximum Gasteiger partial charge on any atom is 0.312 e. The molecule has 3 N–H and O–H groups in total. The van der Waals surface area contributed by atoms with E-state index in [0.29, 0.717) is 16.4 Å². The second-order valence-corrected chi connectivity index (χ2v) is 3.38. The second-order valence-electron chi connectivity index (χ2n) is 2.99. The molecule has 0 radical (unpaired) electrons. The summed E-state index contributed by atoms with van der Waals surface area (Å²) < 4.78 is 0. The number of halogens is 1. The van der Waals surface area contributed by atoms with Crippen molar-refractivity contribution in [1.29, 1.82) is 0 Å². The lowest BCUT2D eigenvalue weighted by Crippen LogP contribution is -2.21. The summed E-state index contributed by atoms with van der Waals surface area (Å²) in [6, 6.07) is 3.21. The number of carboxylic acid groups (broad SMARTS) is 1. The zero-order valence-corrected chi connectivity index (χ0v) is 8.45. The summed E-state index contributed by atoms with van der Waals surface area (Å²) in [6.07, 6.45) is 0. The lowest BCUT2D eigenvalue weighted by atomic mass is 10.00. The van der Waals surface area contributed by atoms with Gasteiger partial charge in [-0.3, -0.25) is 4.79 Å². The van der Waals surface area contributed by atoms with E-state index in [1.165, 1.54) is 6.07 Å². The van der Waals surface area contributed by atoms with Gasteiger partial charge in [0.05, 0.1) is 5.92 Å². The van der Waals surface area contributed by atoms with Gasteiger partial charge in [-0.25, -0.2) is 4.98 Å². The molecule has 0 aliphatic carbocycles. The summed E-state index contributed by atoms with van der Waals surface area (Å²) in [5.74, 6) is -1.66. The van der Waals surface area contributed by atoms with E-state index in [9.17, 15) is 4.79 Å². The number of hydrogen-bond donors (Lipinski definition) is 2. The van der Waals surface area contributed by atoms with Crippen LogP contribution in [0.2, 0.25) is 5.15 Å². The number of nitrogens with two attached hydrogens (primary N) is 1. The molecule has 0 fully saturated rings. The smallest absolute Gasteiger partial charge is 0.312 e. The van der Waals surface area contributed by atoms with Gasteiger partial charge in [0.1, 0.15) is 5.15 Å². The highest BCUT2D eigenvalue weighted by molar-refractivity contribution is 6.29. The molecule has 1 aromatic heterocycles. The molecule has 0 bridgehead atoms. The molecular weight excluding hydrogens is 204 g/mol. The van der Waals surface area contributed by atoms with Gasteiger partial charge in [0.25, 0.3) is 0 Å². The predicted octanol–water partition coefficient (Wildman–Crippen LogP) is 1.17. The Morgan fingerprint density at radius 1 is 1.71 bits per heavy atom. The van der Waals surface area contributed by atoms with Gasteiger partial charge >= 0.3 is 5.97 Å². The first-order valence-corrected chi connectivity index (χ1v) is 4.49. The monoisotopic (exact) mass is 214 g/mol. The van der Waals surface area contributed by atoms with Gasteiger partial charge in [0, 0.05) is 12.2 Å². The van der Waals surface area contributed by atoms with E-state index in [-0.39, 0.29) is 6.54 Å². The second kappa shape index (κ2) is 4.39. The quantitative estimate of drug-likeness (QED) is 0.741. The Bertz CT molecular complexity index is 334. The Labute approximate surface area is 86.7 Å². The van der Waals surface area contributed by atoms with Crippen LogP contribution in [-0.2, 0) is 4.79 Å². The fourth-order valence-electron chi connectivity index (χ4n) is 1.23. The number of hydrogen-bond acceptors (Lipinski definition) is 3. The third-order valence-corrected chi connectivity index (χ3v) is 2.07. The molecule has 14 heavy (non-hydrogen) atoms. The van der Waals surface area contributed by atoms with Gasteiger partial charge in [-0.05, 0) is 24.6 Å². The summed E-state index contributed by atoms with van der Waals surface area (Å²) in [5, 5.41) is 9.16. The van der Waals surface area contributed by atoms with Crippen LogP contribution in [0.1, 0.15) is 17.2 Å². The van der Waals surface area contributed by atoms with Crippen molar-refractivity contribution < 1.29 is 9.90 Å². The largest absolute Gasteiger partial charge is 0.481 e. The molecule has 0 amide bonds.